The average molecular weight is 454 g/mol. The van der Waals surface area contributed by atoms with Gasteiger partial charge in [0.05, 0.1) is 17.6 Å². The van der Waals surface area contributed by atoms with Crippen LogP contribution in [0.2, 0.25) is 0 Å². The van der Waals surface area contributed by atoms with Crippen LogP contribution in [-0.2, 0) is 21.9 Å². The first-order valence-corrected chi connectivity index (χ1v) is 11.4. The molecule has 3 heterocycles. The lowest BCUT2D eigenvalue weighted by atomic mass is 10.2. The Hall–Kier alpha value is -3.63. The van der Waals surface area contributed by atoms with Gasteiger partial charge in [-0.05, 0) is 42.0 Å². The monoisotopic (exact) mass is 453 g/mol. The lowest BCUT2D eigenvalue weighted by molar-refractivity contribution is -0.111. The molecular weight excluding hydrogens is 434 g/mol. The number of carbonyl (C=O) groups excluding carboxylic acids is 1. The molecule has 0 unspecified atom stereocenters. The highest BCUT2D eigenvalue weighted by atomic mass is 32.2. The number of rotatable bonds is 6. The lowest BCUT2D eigenvalue weighted by Crippen LogP contribution is -2.09. The van der Waals surface area contributed by atoms with Crippen LogP contribution in [0.25, 0.3) is 16.5 Å². The Labute approximate surface area is 183 Å². The number of aryl methyl sites for hydroxylation is 1. The number of anilines is 2. The molecule has 0 saturated carbocycles. The zero-order valence-corrected chi connectivity index (χ0v) is 18.1. The van der Waals surface area contributed by atoms with E-state index in [0.29, 0.717) is 16.9 Å². The van der Waals surface area contributed by atoms with Gasteiger partial charge in [0.2, 0.25) is 5.91 Å². The van der Waals surface area contributed by atoms with E-state index in [1.807, 2.05) is 6.20 Å². The minimum Gasteiger partial charge on any atom is -0.397 e. The Balaban J connectivity index is 1.49. The highest BCUT2D eigenvalue weighted by Gasteiger charge is 2.20. The predicted octanol–water partition coefficient (Wildman–Crippen LogP) is 3.42. The molecule has 1 amide bonds. The molecular formula is C21H19N5O3S2. The smallest absolute Gasteiger partial charge is 0.277 e. The first-order chi connectivity index (χ1) is 14.8. The van der Waals surface area contributed by atoms with Crippen molar-refractivity contribution >= 4 is 44.7 Å². The summed E-state index contributed by atoms with van der Waals surface area (Å²) >= 11 is 1.18. The van der Waals surface area contributed by atoms with Gasteiger partial charge in [0.1, 0.15) is 4.21 Å². The molecule has 3 aromatic heterocycles. The molecule has 158 valence electrons. The summed E-state index contributed by atoms with van der Waals surface area (Å²) in [5.41, 5.74) is 8.21. The number of para-hydroxylation sites is 2. The van der Waals surface area contributed by atoms with E-state index in [1.54, 1.807) is 60.4 Å². The largest absolute Gasteiger partial charge is 0.397 e. The van der Waals surface area contributed by atoms with Crippen molar-refractivity contribution in [3.05, 3.63) is 78.9 Å². The Kier molecular flexibility index (Phi) is 5.49. The molecule has 10 heteroatoms. The molecule has 0 aliphatic heterocycles. The summed E-state index contributed by atoms with van der Waals surface area (Å²) in [4.78, 5) is 12.9. The molecule has 0 spiro atoms. The first-order valence-electron chi connectivity index (χ1n) is 9.19. The second kappa shape index (κ2) is 8.25. The van der Waals surface area contributed by atoms with E-state index in [4.69, 9.17) is 5.73 Å². The van der Waals surface area contributed by atoms with Crippen LogP contribution in [0, 0.1) is 0 Å². The van der Waals surface area contributed by atoms with E-state index in [0.717, 1.165) is 14.4 Å². The maximum absolute atomic E-state index is 12.9. The van der Waals surface area contributed by atoms with Gasteiger partial charge in [-0.15, -0.1) is 11.3 Å². The standard InChI is InChI=1S/C21H19N5O3S2/c1-25-14-16(12-23-25)19-7-9-21(30-19)31(28,29)26-11-10-15(13-26)6-8-20(27)24-18-5-3-2-4-17(18)22/h2-14H,22H2,1H3,(H,24,27). The molecule has 0 atom stereocenters. The summed E-state index contributed by atoms with van der Waals surface area (Å²) in [7, 11) is -1.93. The second-order valence-electron chi connectivity index (χ2n) is 6.71. The van der Waals surface area contributed by atoms with Gasteiger partial charge in [-0.1, -0.05) is 12.1 Å². The Morgan fingerprint density at radius 3 is 2.71 bits per heavy atom. The molecule has 1 aromatic carbocycles. The van der Waals surface area contributed by atoms with Crippen LogP contribution < -0.4 is 11.1 Å². The number of hydrogen-bond donors (Lipinski definition) is 2. The lowest BCUT2D eigenvalue weighted by Gasteiger charge is -2.04. The Morgan fingerprint density at radius 1 is 1.16 bits per heavy atom. The fraction of sp³-hybridized carbons (Fsp3) is 0.0476. The summed E-state index contributed by atoms with van der Waals surface area (Å²) in [5, 5.41) is 6.80. The van der Waals surface area contributed by atoms with E-state index >= 15 is 0 Å². The summed E-state index contributed by atoms with van der Waals surface area (Å²) in [6.45, 7) is 0. The zero-order chi connectivity index (χ0) is 22.0. The molecule has 0 aliphatic carbocycles. The van der Waals surface area contributed by atoms with Crippen LogP contribution in [-0.4, -0.2) is 28.1 Å². The van der Waals surface area contributed by atoms with E-state index in [-0.39, 0.29) is 10.1 Å². The molecule has 0 saturated heterocycles. The van der Waals surface area contributed by atoms with Crippen LogP contribution >= 0.6 is 11.3 Å². The summed E-state index contributed by atoms with van der Waals surface area (Å²) in [6.07, 6.45) is 9.29. The van der Waals surface area contributed by atoms with Crippen LogP contribution in [0.4, 0.5) is 11.4 Å². The molecule has 3 N–H and O–H groups in total. The predicted molar refractivity (Wildman–Crippen MR) is 122 cm³/mol. The van der Waals surface area contributed by atoms with E-state index in [9.17, 15) is 13.2 Å². The number of nitrogen functional groups attached to an aromatic ring is 1. The maximum Gasteiger partial charge on any atom is 0.277 e. The van der Waals surface area contributed by atoms with Crippen molar-refractivity contribution in [2.45, 2.75) is 4.21 Å². The van der Waals surface area contributed by atoms with Gasteiger partial charge in [-0.2, -0.15) is 13.5 Å². The Morgan fingerprint density at radius 2 is 1.97 bits per heavy atom. The minimum absolute atomic E-state index is 0.217. The summed E-state index contributed by atoms with van der Waals surface area (Å²) < 4.78 is 28.9. The molecule has 31 heavy (non-hydrogen) atoms. The summed E-state index contributed by atoms with van der Waals surface area (Å²) in [5.74, 6) is -0.368. The fourth-order valence-electron chi connectivity index (χ4n) is 2.86. The third-order valence-corrected chi connectivity index (χ3v) is 7.68. The highest BCUT2D eigenvalue weighted by Crippen LogP contribution is 2.31. The molecule has 0 bridgehead atoms. The van der Waals surface area contributed by atoms with Crippen LogP contribution in [0.5, 0.6) is 0 Å². The van der Waals surface area contributed by atoms with Crippen molar-refractivity contribution in [2.24, 2.45) is 7.05 Å². The van der Waals surface area contributed by atoms with E-state index < -0.39 is 10.0 Å². The van der Waals surface area contributed by atoms with Crippen LogP contribution in [0.15, 0.2) is 77.5 Å². The second-order valence-corrected chi connectivity index (χ2v) is 9.86. The van der Waals surface area contributed by atoms with Crippen LogP contribution in [0.1, 0.15) is 5.56 Å². The van der Waals surface area contributed by atoms with Crippen molar-refractivity contribution in [2.75, 3.05) is 11.1 Å². The molecule has 4 rings (SSSR count). The topological polar surface area (TPSA) is 112 Å². The van der Waals surface area contributed by atoms with Gasteiger partial charge < -0.3 is 11.1 Å². The number of nitrogens with zero attached hydrogens (tertiary/aromatic N) is 3. The van der Waals surface area contributed by atoms with Crippen molar-refractivity contribution in [1.82, 2.24) is 13.8 Å². The molecule has 0 fully saturated rings. The SMILES string of the molecule is Cn1cc(-c2ccc(S(=O)(=O)n3ccc(C=CC(=O)Nc4ccccc4N)c3)s2)cn1. The number of hydrogen-bond acceptors (Lipinski definition) is 6. The quantitative estimate of drug-likeness (QED) is 0.343. The number of thiophene rings is 1. The van der Waals surface area contributed by atoms with Gasteiger partial charge in [-0.25, -0.2) is 3.97 Å². The van der Waals surface area contributed by atoms with Gasteiger partial charge in [-0.3, -0.25) is 9.48 Å². The number of carbonyl (C=O) groups is 1. The minimum atomic E-state index is -3.73. The average Bonchev–Trinajstić information content (AvgIpc) is 3.48. The van der Waals surface area contributed by atoms with Crippen molar-refractivity contribution in [1.29, 1.82) is 0 Å². The number of aromatic nitrogens is 3. The zero-order valence-electron chi connectivity index (χ0n) is 16.5. The molecule has 0 aliphatic rings. The maximum atomic E-state index is 12.9. The van der Waals surface area contributed by atoms with Gasteiger partial charge >= 0.3 is 0 Å². The third kappa shape index (κ3) is 4.44. The molecule has 0 radical (unpaired) electrons. The third-order valence-electron chi connectivity index (χ3n) is 4.44. The van der Waals surface area contributed by atoms with Crippen LogP contribution in [0.3, 0.4) is 0 Å². The van der Waals surface area contributed by atoms with Crippen molar-refractivity contribution in [3.8, 4) is 10.4 Å². The highest BCUT2D eigenvalue weighted by molar-refractivity contribution is 7.92. The van der Waals surface area contributed by atoms with Gasteiger partial charge in [0.15, 0.2) is 0 Å². The summed E-state index contributed by atoms with van der Waals surface area (Å²) in [6, 6.07) is 11.9. The van der Waals surface area contributed by atoms with Crippen molar-refractivity contribution < 1.29 is 13.2 Å². The fourth-order valence-corrected chi connectivity index (χ4v) is 5.45. The number of nitrogens with one attached hydrogen (secondary N) is 1. The number of benzene rings is 1. The van der Waals surface area contributed by atoms with E-state index in [2.05, 4.69) is 10.4 Å². The van der Waals surface area contributed by atoms with Crippen molar-refractivity contribution in [3.63, 3.8) is 0 Å². The van der Waals surface area contributed by atoms with E-state index in [1.165, 1.54) is 35.9 Å². The molecule has 4 aromatic rings. The first kappa shape index (κ1) is 20.6. The van der Waals surface area contributed by atoms with Gasteiger partial charge in [0.25, 0.3) is 10.0 Å². The normalized spacial score (nSPS) is 11.8. The molecule has 8 nitrogen and oxygen atoms in total. The number of nitrogens with two attached hydrogens (primary N) is 1. The van der Waals surface area contributed by atoms with Gasteiger partial charge in [0, 0.05) is 42.2 Å². The number of amides is 1. The Bertz CT molecular complexity index is 1380.